The number of halogens is 1. The lowest BCUT2D eigenvalue weighted by molar-refractivity contribution is -0.121. The molecule has 96 valence electrons. The number of hydrogen-bond acceptors (Lipinski definition) is 4. The maximum Gasteiger partial charge on any atom is 0.300 e. The molecule has 0 saturated carbocycles. The number of rotatable bonds is 3. The summed E-state index contributed by atoms with van der Waals surface area (Å²) in [6.07, 6.45) is 0. The minimum absolute atomic E-state index is 0.163. The maximum absolute atomic E-state index is 11.8. The number of nitriles is 1. The largest absolute Gasteiger partial charge is 0.341 e. The van der Waals surface area contributed by atoms with E-state index in [-0.39, 0.29) is 29.4 Å². The highest BCUT2D eigenvalue weighted by Gasteiger charge is 2.38. The molecule has 7 heteroatoms. The normalized spacial score (nSPS) is 13.2. The molecule has 1 aromatic rings. The SMILES string of the molecule is N#CCNC(=O)CN1C(=O)C(=O)c2cccc(Cl)c21. The first-order valence-electron chi connectivity index (χ1n) is 5.34. The van der Waals surface area contributed by atoms with Crippen LogP contribution in [0.15, 0.2) is 18.2 Å². The molecule has 0 spiro atoms. The van der Waals surface area contributed by atoms with Gasteiger partial charge in [0.05, 0.1) is 22.3 Å². The third kappa shape index (κ3) is 2.28. The number of para-hydroxylation sites is 1. The molecule has 2 rings (SSSR count). The molecule has 1 aromatic carbocycles. The standard InChI is InChI=1S/C12H8ClN3O3/c13-8-3-1-2-7-10(8)16(12(19)11(7)18)6-9(17)15-5-4-14/h1-3H,5-6H2,(H,15,17). The molecule has 0 unspecified atom stereocenters. The van der Waals surface area contributed by atoms with Crippen LogP contribution in [0, 0.1) is 11.3 Å². The molecule has 0 fully saturated rings. The highest BCUT2D eigenvalue weighted by atomic mass is 35.5. The highest BCUT2D eigenvalue weighted by Crippen LogP contribution is 2.35. The molecule has 0 aliphatic carbocycles. The van der Waals surface area contributed by atoms with Crippen molar-refractivity contribution in [1.29, 1.82) is 5.26 Å². The third-order valence-corrected chi connectivity index (χ3v) is 2.91. The van der Waals surface area contributed by atoms with Gasteiger partial charge in [0.15, 0.2) is 0 Å². The van der Waals surface area contributed by atoms with Crippen molar-refractivity contribution in [1.82, 2.24) is 5.32 Å². The van der Waals surface area contributed by atoms with E-state index < -0.39 is 17.6 Å². The van der Waals surface area contributed by atoms with Crippen molar-refractivity contribution in [3.05, 3.63) is 28.8 Å². The number of amides is 2. The van der Waals surface area contributed by atoms with Crippen LogP contribution in [0.5, 0.6) is 0 Å². The molecule has 0 bridgehead atoms. The Morgan fingerprint density at radius 3 is 2.84 bits per heavy atom. The number of nitrogens with zero attached hydrogens (tertiary/aromatic N) is 2. The Bertz CT molecular complexity index is 621. The highest BCUT2D eigenvalue weighted by molar-refractivity contribution is 6.54. The zero-order chi connectivity index (χ0) is 14.0. The summed E-state index contributed by atoms with van der Waals surface area (Å²) in [5, 5.41) is 10.9. The lowest BCUT2D eigenvalue weighted by atomic mass is 10.1. The summed E-state index contributed by atoms with van der Waals surface area (Å²) in [5.41, 5.74) is 0.428. The molecule has 0 atom stereocenters. The molecule has 1 N–H and O–H groups in total. The van der Waals surface area contributed by atoms with Crippen LogP contribution >= 0.6 is 11.6 Å². The van der Waals surface area contributed by atoms with Crippen LogP contribution in [0.2, 0.25) is 5.02 Å². The van der Waals surface area contributed by atoms with Gasteiger partial charge in [0.1, 0.15) is 13.1 Å². The summed E-state index contributed by atoms with van der Waals surface area (Å²) < 4.78 is 0. The third-order valence-electron chi connectivity index (χ3n) is 2.61. The number of Topliss-reactive ketones (excluding diaryl/α,β-unsaturated/α-hetero) is 1. The van der Waals surface area contributed by atoms with Crippen molar-refractivity contribution in [3.63, 3.8) is 0 Å². The minimum Gasteiger partial charge on any atom is -0.341 e. The van der Waals surface area contributed by atoms with Crippen LogP contribution in [0.25, 0.3) is 0 Å². The van der Waals surface area contributed by atoms with Gasteiger partial charge in [-0.25, -0.2) is 0 Å². The lowest BCUT2D eigenvalue weighted by Crippen LogP contribution is -2.40. The van der Waals surface area contributed by atoms with Gasteiger partial charge in [-0.15, -0.1) is 0 Å². The van der Waals surface area contributed by atoms with Crippen LogP contribution in [0.1, 0.15) is 10.4 Å². The summed E-state index contributed by atoms with van der Waals surface area (Å²) in [6.45, 7) is -0.507. The molecule has 0 aromatic heterocycles. The molecule has 0 saturated heterocycles. The van der Waals surface area contributed by atoms with Gasteiger partial charge in [0.2, 0.25) is 5.91 Å². The first kappa shape index (κ1) is 13.1. The van der Waals surface area contributed by atoms with Crippen LogP contribution in [0.3, 0.4) is 0 Å². The van der Waals surface area contributed by atoms with Crippen molar-refractivity contribution in [3.8, 4) is 6.07 Å². The summed E-state index contributed by atoms with van der Waals surface area (Å²) in [7, 11) is 0. The predicted octanol–water partition coefficient (Wildman–Crippen LogP) is 0.509. The van der Waals surface area contributed by atoms with Crippen molar-refractivity contribution in [2.24, 2.45) is 0 Å². The van der Waals surface area contributed by atoms with Crippen molar-refractivity contribution < 1.29 is 14.4 Å². The smallest absolute Gasteiger partial charge is 0.300 e. The number of carbonyl (C=O) groups excluding carboxylic acids is 3. The Hall–Kier alpha value is -2.39. The maximum atomic E-state index is 11.8. The first-order valence-corrected chi connectivity index (χ1v) is 5.72. The second-order valence-electron chi connectivity index (χ2n) is 3.79. The van der Waals surface area contributed by atoms with Crippen molar-refractivity contribution in [2.45, 2.75) is 0 Å². The Labute approximate surface area is 113 Å². The Balaban J connectivity index is 2.29. The summed E-state index contributed by atoms with van der Waals surface area (Å²) in [5.74, 6) is -2.02. The van der Waals surface area contributed by atoms with Crippen LogP contribution in [-0.4, -0.2) is 30.7 Å². The fraction of sp³-hybridized carbons (Fsp3) is 0.167. The monoisotopic (exact) mass is 277 g/mol. The number of carbonyl (C=O) groups is 3. The van der Waals surface area contributed by atoms with E-state index in [2.05, 4.69) is 5.32 Å². The lowest BCUT2D eigenvalue weighted by Gasteiger charge is -2.16. The fourth-order valence-corrected chi connectivity index (χ4v) is 2.08. The van der Waals surface area contributed by atoms with Crippen LogP contribution < -0.4 is 10.2 Å². The first-order chi connectivity index (χ1) is 9.06. The van der Waals surface area contributed by atoms with E-state index in [1.807, 2.05) is 0 Å². The van der Waals surface area contributed by atoms with E-state index in [1.165, 1.54) is 12.1 Å². The second-order valence-corrected chi connectivity index (χ2v) is 4.20. The number of benzene rings is 1. The van der Waals surface area contributed by atoms with Gasteiger partial charge in [-0.3, -0.25) is 19.3 Å². The van der Waals surface area contributed by atoms with E-state index >= 15 is 0 Å². The summed E-state index contributed by atoms with van der Waals surface area (Å²) in [4.78, 5) is 36.1. The van der Waals surface area contributed by atoms with Gasteiger partial charge in [0.25, 0.3) is 11.7 Å². The number of hydrogen-bond donors (Lipinski definition) is 1. The summed E-state index contributed by atoms with van der Waals surface area (Å²) in [6, 6.07) is 6.32. The zero-order valence-electron chi connectivity index (χ0n) is 9.64. The molecule has 6 nitrogen and oxygen atoms in total. The molecule has 1 aliphatic heterocycles. The molecule has 1 aliphatic rings. The Morgan fingerprint density at radius 1 is 1.42 bits per heavy atom. The molecule has 0 radical (unpaired) electrons. The number of nitrogens with one attached hydrogen (secondary N) is 1. The number of ketones is 1. The topological polar surface area (TPSA) is 90.3 Å². The molecular formula is C12H8ClN3O3. The Kier molecular flexibility index (Phi) is 3.49. The van der Waals surface area contributed by atoms with Crippen LogP contribution in [-0.2, 0) is 9.59 Å². The second kappa shape index (κ2) is 5.08. The van der Waals surface area contributed by atoms with E-state index in [9.17, 15) is 14.4 Å². The van der Waals surface area contributed by atoms with Gasteiger partial charge < -0.3 is 5.32 Å². The van der Waals surface area contributed by atoms with Gasteiger partial charge in [0, 0.05) is 0 Å². The quantitative estimate of drug-likeness (QED) is 0.644. The van der Waals surface area contributed by atoms with E-state index in [0.29, 0.717) is 0 Å². The zero-order valence-corrected chi connectivity index (χ0v) is 10.4. The van der Waals surface area contributed by atoms with E-state index in [4.69, 9.17) is 16.9 Å². The molecule has 19 heavy (non-hydrogen) atoms. The van der Waals surface area contributed by atoms with Crippen molar-refractivity contribution in [2.75, 3.05) is 18.0 Å². The van der Waals surface area contributed by atoms with Gasteiger partial charge in [-0.1, -0.05) is 17.7 Å². The predicted molar refractivity (Wildman–Crippen MR) is 66.8 cm³/mol. The molecule has 2 amide bonds. The van der Waals surface area contributed by atoms with E-state index in [1.54, 1.807) is 12.1 Å². The average molecular weight is 278 g/mol. The minimum atomic E-state index is -0.796. The number of fused-ring (bicyclic) bond motifs is 1. The van der Waals surface area contributed by atoms with Gasteiger partial charge >= 0.3 is 0 Å². The number of anilines is 1. The van der Waals surface area contributed by atoms with E-state index in [0.717, 1.165) is 4.90 Å². The van der Waals surface area contributed by atoms with Gasteiger partial charge in [-0.05, 0) is 12.1 Å². The van der Waals surface area contributed by atoms with Gasteiger partial charge in [-0.2, -0.15) is 5.26 Å². The Morgan fingerprint density at radius 2 is 2.16 bits per heavy atom. The molecular weight excluding hydrogens is 270 g/mol. The average Bonchev–Trinajstić information content (AvgIpc) is 2.63. The molecule has 1 heterocycles. The van der Waals surface area contributed by atoms with Crippen LogP contribution in [0.4, 0.5) is 5.69 Å². The fourth-order valence-electron chi connectivity index (χ4n) is 1.80. The summed E-state index contributed by atoms with van der Waals surface area (Å²) >= 11 is 5.95. The van der Waals surface area contributed by atoms with Crippen molar-refractivity contribution >= 4 is 34.9 Å².